The van der Waals surface area contributed by atoms with Crippen LogP contribution in [0.3, 0.4) is 0 Å². The molecule has 10 heteroatoms. The van der Waals surface area contributed by atoms with Gasteiger partial charge in [-0.1, -0.05) is 0 Å². The van der Waals surface area contributed by atoms with E-state index in [0.717, 1.165) is 16.5 Å². The number of Topliss-reactive ketones (excluding diaryl/α,β-unsaturated/α-hetero) is 1. The third kappa shape index (κ3) is 6.21. The Balaban J connectivity index is 1.57. The van der Waals surface area contributed by atoms with Gasteiger partial charge in [-0.3, -0.25) is 14.2 Å². The van der Waals surface area contributed by atoms with E-state index in [1.54, 1.807) is 28.6 Å². The van der Waals surface area contributed by atoms with E-state index >= 15 is 0 Å². The first-order valence-electron chi connectivity index (χ1n) is 10.5. The number of rotatable bonds is 7. The molecule has 1 aliphatic heterocycles. The van der Waals surface area contributed by atoms with Crippen molar-refractivity contribution in [1.29, 1.82) is 0 Å². The van der Waals surface area contributed by atoms with Crippen LogP contribution in [0.5, 0.6) is 0 Å². The molecule has 2 aromatic rings. The first kappa shape index (κ1) is 24.0. The van der Waals surface area contributed by atoms with Gasteiger partial charge in [0.15, 0.2) is 5.78 Å². The number of nitrogens with zero attached hydrogens (tertiary/aromatic N) is 3. The van der Waals surface area contributed by atoms with Gasteiger partial charge >= 0.3 is 12.5 Å². The number of ether oxygens (including phenoxy) is 2. The van der Waals surface area contributed by atoms with E-state index in [1.165, 1.54) is 0 Å². The number of aryl methyl sites for hydroxylation is 1. The number of likely N-dealkylation sites (tertiary alicyclic amines) is 1. The minimum absolute atomic E-state index is 0.00902. The number of alkyl halides is 3. The van der Waals surface area contributed by atoms with E-state index in [1.807, 2.05) is 27.0 Å². The van der Waals surface area contributed by atoms with Crippen LogP contribution in [0.15, 0.2) is 18.3 Å². The standard InChI is InChI=1S/C22H28F3N3O4/c1-14-16(19(29)6-5-9-31-22(23,24)25)7-8-18-17(14)13-28(26-18)12-15-10-27(11-15)20(30)32-21(2,3)4/h7-8,13,15H,5-6,9-12H2,1-4H3. The van der Waals surface area contributed by atoms with Crippen molar-refractivity contribution in [2.75, 3.05) is 19.7 Å². The van der Waals surface area contributed by atoms with Crippen molar-refractivity contribution in [2.45, 2.75) is 59.0 Å². The molecule has 0 atom stereocenters. The zero-order valence-corrected chi connectivity index (χ0v) is 18.7. The number of aromatic nitrogens is 2. The molecule has 2 heterocycles. The van der Waals surface area contributed by atoms with Crippen LogP contribution < -0.4 is 0 Å². The molecule has 1 saturated heterocycles. The van der Waals surface area contributed by atoms with Crippen molar-refractivity contribution < 1.29 is 32.2 Å². The maximum absolute atomic E-state index is 12.5. The normalized spacial score (nSPS) is 15.2. The lowest BCUT2D eigenvalue weighted by Gasteiger charge is -2.39. The fraction of sp³-hybridized carbons (Fsp3) is 0.591. The predicted molar refractivity (Wildman–Crippen MR) is 111 cm³/mol. The van der Waals surface area contributed by atoms with E-state index in [9.17, 15) is 22.8 Å². The summed E-state index contributed by atoms with van der Waals surface area (Å²) in [7, 11) is 0. The van der Waals surface area contributed by atoms with Gasteiger partial charge in [-0.05, 0) is 51.8 Å². The number of halogens is 3. The maximum atomic E-state index is 12.5. The highest BCUT2D eigenvalue weighted by Gasteiger charge is 2.34. The van der Waals surface area contributed by atoms with Gasteiger partial charge in [0.25, 0.3) is 0 Å². The van der Waals surface area contributed by atoms with E-state index in [4.69, 9.17) is 4.74 Å². The molecule has 0 spiro atoms. The smallest absolute Gasteiger partial charge is 0.444 e. The molecule has 1 fully saturated rings. The highest BCUT2D eigenvalue weighted by molar-refractivity contribution is 6.01. The number of carbonyl (C=O) groups excluding carboxylic acids is 2. The summed E-state index contributed by atoms with van der Waals surface area (Å²) in [4.78, 5) is 26.2. The van der Waals surface area contributed by atoms with Crippen LogP contribution in [-0.2, 0) is 16.0 Å². The van der Waals surface area contributed by atoms with Crippen LogP contribution in [0.1, 0.15) is 49.5 Å². The van der Waals surface area contributed by atoms with Crippen molar-refractivity contribution >= 4 is 22.8 Å². The Hall–Kier alpha value is -2.62. The van der Waals surface area contributed by atoms with Gasteiger partial charge in [0.2, 0.25) is 0 Å². The summed E-state index contributed by atoms with van der Waals surface area (Å²) in [6.45, 7) is 8.56. The number of amides is 1. The second kappa shape index (κ2) is 9.09. The monoisotopic (exact) mass is 455 g/mol. The molecule has 0 radical (unpaired) electrons. The lowest BCUT2D eigenvalue weighted by Crippen LogP contribution is -2.52. The van der Waals surface area contributed by atoms with Gasteiger partial charge in [0.05, 0.1) is 12.1 Å². The van der Waals surface area contributed by atoms with E-state index in [0.29, 0.717) is 25.2 Å². The van der Waals surface area contributed by atoms with Crippen LogP contribution in [0.2, 0.25) is 0 Å². The van der Waals surface area contributed by atoms with Gasteiger partial charge in [0, 0.05) is 49.1 Å². The Bertz CT molecular complexity index is 989. The van der Waals surface area contributed by atoms with Crippen molar-refractivity contribution in [1.82, 2.24) is 14.7 Å². The molecule has 7 nitrogen and oxygen atoms in total. The number of hydrogen-bond donors (Lipinski definition) is 0. The molecule has 176 valence electrons. The summed E-state index contributed by atoms with van der Waals surface area (Å²) < 4.78 is 47.0. The van der Waals surface area contributed by atoms with Crippen molar-refractivity contribution in [3.8, 4) is 0 Å². The summed E-state index contributed by atoms with van der Waals surface area (Å²) in [6.07, 6.45) is -3.18. The molecule has 0 aliphatic carbocycles. The second-order valence-corrected chi connectivity index (χ2v) is 9.09. The van der Waals surface area contributed by atoms with Crippen molar-refractivity contribution in [3.63, 3.8) is 0 Å². The Kier molecular flexibility index (Phi) is 6.83. The van der Waals surface area contributed by atoms with Gasteiger partial charge in [-0.15, -0.1) is 13.2 Å². The first-order chi connectivity index (χ1) is 14.8. The van der Waals surface area contributed by atoms with Crippen molar-refractivity contribution in [2.24, 2.45) is 5.92 Å². The lowest BCUT2D eigenvalue weighted by molar-refractivity contribution is -0.324. The molecular formula is C22H28F3N3O4. The van der Waals surface area contributed by atoms with Gasteiger partial charge in [-0.2, -0.15) is 5.10 Å². The van der Waals surface area contributed by atoms with Crippen molar-refractivity contribution in [3.05, 3.63) is 29.5 Å². The van der Waals surface area contributed by atoms with E-state index in [-0.39, 0.29) is 30.6 Å². The van der Waals surface area contributed by atoms with E-state index in [2.05, 4.69) is 9.84 Å². The maximum Gasteiger partial charge on any atom is 0.522 e. The van der Waals surface area contributed by atoms with Gasteiger partial charge < -0.3 is 9.64 Å². The zero-order chi connectivity index (χ0) is 23.7. The Morgan fingerprint density at radius 1 is 1.19 bits per heavy atom. The topological polar surface area (TPSA) is 73.7 Å². The average molecular weight is 455 g/mol. The summed E-state index contributed by atoms with van der Waals surface area (Å²) in [5, 5.41) is 5.38. The minimum atomic E-state index is -4.68. The number of fused-ring (bicyclic) bond motifs is 1. The Morgan fingerprint density at radius 2 is 1.88 bits per heavy atom. The highest BCUT2D eigenvalue weighted by Crippen LogP contribution is 2.25. The number of ketones is 1. The quantitative estimate of drug-likeness (QED) is 0.447. The molecular weight excluding hydrogens is 427 g/mol. The average Bonchev–Trinajstić information content (AvgIpc) is 3.03. The fourth-order valence-electron chi connectivity index (χ4n) is 3.66. The molecule has 1 aromatic heterocycles. The van der Waals surface area contributed by atoms with Crippen LogP contribution in [0, 0.1) is 12.8 Å². The summed E-state index contributed by atoms with van der Waals surface area (Å²) in [5.74, 6) is 0.0294. The highest BCUT2D eigenvalue weighted by atomic mass is 19.4. The van der Waals surface area contributed by atoms with Crippen LogP contribution in [0.4, 0.5) is 18.0 Å². The molecule has 3 rings (SSSR count). The fourth-order valence-corrected chi connectivity index (χ4v) is 3.66. The third-order valence-electron chi connectivity index (χ3n) is 5.17. The lowest BCUT2D eigenvalue weighted by atomic mass is 9.99. The number of hydrogen-bond acceptors (Lipinski definition) is 5. The third-order valence-corrected chi connectivity index (χ3v) is 5.17. The van der Waals surface area contributed by atoms with Gasteiger partial charge in [0.1, 0.15) is 5.60 Å². The molecule has 0 N–H and O–H groups in total. The SMILES string of the molecule is Cc1c(C(=O)CCCOC(F)(F)F)ccc2nn(CC3CN(C(=O)OC(C)(C)C)C3)cc12. The summed E-state index contributed by atoms with van der Waals surface area (Å²) in [5.41, 5.74) is 1.44. The molecule has 0 saturated carbocycles. The molecule has 0 unspecified atom stereocenters. The zero-order valence-electron chi connectivity index (χ0n) is 18.7. The Morgan fingerprint density at radius 3 is 2.50 bits per heavy atom. The predicted octanol–water partition coefficient (Wildman–Crippen LogP) is 4.71. The molecule has 32 heavy (non-hydrogen) atoms. The van der Waals surface area contributed by atoms with Gasteiger partial charge in [-0.25, -0.2) is 4.79 Å². The molecule has 0 bridgehead atoms. The Labute approximate surface area is 184 Å². The minimum Gasteiger partial charge on any atom is -0.444 e. The molecule has 1 amide bonds. The summed E-state index contributed by atoms with van der Waals surface area (Å²) in [6, 6.07) is 3.40. The molecule has 1 aliphatic rings. The molecule has 1 aromatic carbocycles. The van der Waals surface area contributed by atoms with Crippen LogP contribution in [0.25, 0.3) is 10.9 Å². The van der Waals surface area contributed by atoms with Crippen LogP contribution >= 0.6 is 0 Å². The number of carbonyl (C=O) groups is 2. The summed E-state index contributed by atoms with van der Waals surface area (Å²) >= 11 is 0. The van der Waals surface area contributed by atoms with E-state index < -0.39 is 18.6 Å². The second-order valence-electron chi connectivity index (χ2n) is 9.09. The largest absolute Gasteiger partial charge is 0.522 e. The van der Waals surface area contributed by atoms with Crippen LogP contribution in [-0.4, -0.2) is 58.2 Å². The number of benzene rings is 1. The first-order valence-corrected chi connectivity index (χ1v) is 10.5.